The summed E-state index contributed by atoms with van der Waals surface area (Å²) in [6.45, 7) is 9.65. The zero-order chi connectivity index (χ0) is 23.3. The van der Waals surface area contributed by atoms with E-state index in [1.165, 1.54) is 0 Å². The van der Waals surface area contributed by atoms with Crippen LogP contribution in [0.3, 0.4) is 0 Å². The minimum atomic E-state index is -0.692. The number of carbonyl (C=O) groups excluding carboxylic acids is 2. The van der Waals surface area contributed by atoms with E-state index in [2.05, 4.69) is 20.8 Å². The molecular weight excluding hydrogens is 408 g/mol. The topological polar surface area (TPSA) is 71.1 Å². The second kappa shape index (κ2) is 13.7. The fourth-order valence-electron chi connectivity index (χ4n) is 2.81. The van der Waals surface area contributed by atoms with Gasteiger partial charge in [0.05, 0.1) is 11.1 Å². The molecule has 1 atom stereocenters. The Morgan fingerprint density at radius 2 is 1.09 bits per heavy atom. The highest BCUT2D eigenvalue weighted by atomic mass is 17.3. The summed E-state index contributed by atoms with van der Waals surface area (Å²) in [5.41, 5.74) is 2.97. The van der Waals surface area contributed by atoms with Crippen LogP contribution in [-0.2, 0) is 32.4 Å². The number of hydrogen-bond acceptors (Lipinski definition) is 6. The highest BCUT2D eigenvalue weighted by Crippen LogP contribution is 2.20. The molecule has 0 bridgehead atoms. The molecule has 172 valence electrons. The van der Waals surface area contributed by atoms with Gasteiger partial charge >= 0.3 is 18.2 Å². The minimum Gasteiger partial charge on any atom is -0.289 e. The molecule has 0 saturated carbocycles. The van der Waals surface area contributed by atoms with Crippen LogP contribution in [0.15, 0.2) is 48.5 Å². The van der Waals surface area contributed by atoms with Crippen molar-refractivity contribution in [2.45, 2.75) is 59.3 Å². The summed E-state index contributed by atoms with van der Waals surface area (Å²) in [7, 11) is 0. The first kappa shape index (κ1) is 25.6. The number of aryl methyl sites for hydroxylation is 2. The van der Waals surface area contributed by atoms with Crippen molar-refractivity contribution in [3.63, 3.8) is 0 Å². The molecule has 0 aliphatic carbocycles. The van der Waals surface area contributed by atoms with Gasteiger partial charge in [0.2, 0.25) is 0 Å². The van der Waals surface area contributed by atoms with Crippen molar-refractivity contribution in [1.82, 2.24) is 0 Å². The van der Waals surface area contributed by atoms with E-state index in [0.29, 0.717) is 11.1 Å². The Balaban J connectivity index is 1.84. The standard InChI is InChI=1S/C26H32O6/c1-5-7-9-20-11-15-22(16-12-20)24(27)29-31-26(19(3)4)32-30-25(28)23-17-13-21(14-18-23)10-8-6-2/h11-19H,3,5-10H2,1-2,4H3. The van der Waals surface area contributed by atoms with E-state index in [1.54, 1.807) is 31.2 Å². The predicted octanol–water partition coefficient (Wildman–Crippen LogP) is 6.21. The molecule has 0 N–H and O–H groups in total. The first-order chi connectivity index (χ1) is 15.4. The van der Waals surface area contributed by atoms with E-state index in [1.807, 2.05) is 24.3 Å². The lowest BCUT2D eigenvalue weighted by atomic mass is 10.1. The maximum absolute atomic E-state index is 12.2. The fraction of sp³-hybridized carbons (Fsp3) is 0.385. The Hall–Kier alpha value is -2.70. The van der Waals surface area contributed by atoms with Crippen LogP contribution in [-0.4, -0.2) is 11.9 Å². The number of unbranched alkanes of at least 4 members (excludes halogenated alkanes) is 2. The Morgan fingerprint density at radius 1 is 0.719 bits per heavy atom. The molecule has 0 saturated heterocycles. The summed E-state index contributed by atoms with van der Waals surface area (Å²) in [6, 6.07) is 14.2. The molecule has 6 nitrogen and oxygen atoms in total. The van der Waals surface area contributed by atoms with E-state index in [-0.39, 0.29) is 6.29 Å². The molecule has 2 rings (SSSR count). The summed E-state index contributed by atoms with van der Waals surface area (Å²) < 4.78 is 0. The predicted molar refractivity (Wildman–Crippen MR) is 121 cm³/mol. The van der Waals surface area contributed by atoms with Crippen LogP contribution in [0.5, 0.6) is 0 Å². The largest absolute Gasteiger partial charge is 0.373 e. The molecule has 0 fully saturated rings. The van der Waals surface area contributed by atoms with Gasteiger partial charge in [0.1, 0.15) is 0 Å². The van der Waals surface area contributed by atoms with Crippen LogP contribution < -0.4 is 0 Å². The molecular formula is C26H32O6. The van der Waals surface area contributed by atoms with Gasteiger partial charge in [-0.25, -0.2) is 9.59 Å². The Morgan fingerprint density at radius 3 is 1.41 bits per heavy atom. The monoisotopic (exact) mass is 440 g/mol. The summed E-state index contributed by atoms with van der Waals surface area (Å²) in [6.07, 6.45) is 6.06. The van der Waals surface area contributed by atoms with Crippen LogP contribution in [0.4, 0.5) is 0 Å². The summed E-state index contributed by atoms with van der Waals surface area (Å²) >= 11 is 0. The zero-order valence-electron chi connectivity index (χ0n) is 19.1. The number of benzene rings is 2. The second-order valence-electron chi connectivity index (χ2n) is 7.73. The molecule has 0 heterocycles. The van der Waals surface area contributed by atoms with Crippen molar-refractivity contribution in [2.24, 2.45) is 5.92 Å². The molecule has 2 aromatic carbocycles. The molecule has 0 amide bonds. The summed E-state index contributed by atoms with van der Waals surface area (Å²) in [5.74, 6) is -1.95. The van der Waals surface area contributed by atoms with Crippen LogP contribution in [0.2, 0.25) is 0 Å². The second-order valence-corrected chi connectivity index (χ2v) is 7.73. The van der Waals surface area contributed by atoms with E-state index in [9.17, 15) is 9.59 Å². The normalized spacial score (nSPS) is 11.1. The number of carbonyl (C=O) groups is 2. The van der Waals surface area contributed by atoms with Crippen molar-refractivity contribution >= 4 is 11.9 Å². The van der Waals surface area contributed by atoms with Gasteiger partial charge in [-0.15, -0.1) is 9.78 Å². The minimum absolute atomic E-state index is 0.245. The van der Waals surface area contributed by atoms with Crippen LogP contribution in [0.1, 0.15) is 78.3 Å². The van der Waals surface area contributed by atoms with E-state index >= 15 is 0 Å². The lowest BCUT2D eigenvalue weighted by Crippen LogP contribution is -2.20. The van der Waals surface area contributed by atoms with Crippen molar-refractivity contribution < 1.29 is 29.1 Å². The van der Waals surface area contributed by atoms with Gasteiger partial charge in [-0.3, -0.25) is 9.78 Å². The van der Waals surface area contributed by atoms with Gasteiger partial charge in [-0.1, -0.05) is 57.9 Å². The van der Waals surface area contributed by atoms with Crippen LogP contribution in [0, 0.1) is 19.1 Å². The van der Waals surface area contributed by atoms with Gasteiger partial charge in [0.15, 0.2) is 0 Å². The molecule has 6 heteroatoms. The first-order valence-electron chi connectivity index (χ1n) is 11.1. The van der Waals surface area contributed by atoms with E-state index in [4.69, 9.17) is 19.6 Å². The number of rotatable bonds is 13. The Labute approximate surface area is 190 Å². The van der Waals surface area contributed by atoms with Gasteiger partial charge in [0.25, 0.3) is 0 Å². The van der Waals surface area contributed by atoms with Crippen LogP contribution >= 0.6 is 0 Å². The SMILES string of the molecule is [CH2]C(C)[C](OOC(=O)c1ccc(CCCC)cc1)OOC(=O)c1ccc(CCCC)cc1. The molecule has 2 radical (unpaired) electrons. The zero-order valence-corrected chi connectivity index (χ0v) is 19.1. The van der Waals surface area contributed by atoms with Gasteiger partial charge in [-0.05, 0) is 68.0 Å². The van der Waals surface area contributed by atoms with Crippen molar-refractivity contribution in [2.75, 3.05) is 0 Å². The van der Waals surface area contributed by atoms with E-state index in [0.717, 1.165) is 49.7 Å². The highest BCUT2D eigenvalue weighted by Gasteiger charge is 2.25. The molecule has 0 spiro atoms. The smallest absolute Gasteiger partial charge is 0.289 e. The third-order valence-corrected chi connectivity index (χ3v) is 4.82. The first-order valence-corrected chi connectivity index (χ1v) is 11.1. The molecule has 0 aromatic heterocycles. The maximum Gasteiger partial charge on any atom is 0.373 e. The third kappa shape index (κ3) is 8.44. The average Bonchev–Trinajstić information content (AvgIpc) is 2.81. The van der Waals surface area contributed by atoms with Gasteiger partial charge in [-0.2, -0.15) is 0 Å². The highest BCUT2D eigenvalue weighted by molar-refractivity contribution is 5.89. The Kier molecular flexibility index (Phi) is 10.9. The third-order valence-electron chi connectivity index (χ3n) is 4.82. The summed E-state index contributed by atoms with van der Waals surface area (Å²) in [5, 5.41) is 0. The molecule has 2 aromatic rings. The van der Waals surface area contributed by atoms with Crippen molar-refractivity contribution in [3.05, 3.63) is 84.0 Å². The van der Waals surface area contributed by atoms with Gasteiger partial charge < -0.3 is 0 Å². The van der Waals surface area contributed by atoms with E-state index < -0.39 is 17.9 Å². The molecule has 32 heavy (non-hydrogen) atoms. The summed E-state index contributed by atoms with van der Waals surface area (Å²) in [4.78, 5) is 44.0. The fourth-order valence-corrected chi connectivity index (χ4v) is 2.81. The van der Waals surface area contributed by atoms with Crippen molar-refractivity contribution in [1.29, 1.82) is 0 Å². The van der Waals surface area contributed by atoms with Crippen LogP contribution in [0.25, 0.3) is 0 Å². The Bertz CT molecular complexity index is 759. The number of hydrogen-bond donors (Lipinski definition) is 0. The molecule has 0 aliphatic heterocycles. The quantitative estimate of drug-likeness (QED) is 0.272. The molecule has 0 aliphatic rings. The van der Waals surface area contributed by atoms with Crippen molar-refractivity contribution in [3.8, 4) is 0 Å². The lowest BCUT2D eigenvalue weighted by Gasteiger charge is -2.16. The lowest BCUT2D eigenvalue weighted by molar-refractivity contribution is -0.369. The molecule has 1 unspecified atom stereocenters. The van der Waals surface area contributed by atoms with Gasteiger partial charge in [0, 0.05) is 5.92 Å². The maximum atomic E-state index is 12.2. The average molecular weight is 441 g/mol.